The van der Waals surface area contributed by atoms with Crippen LogP contribution in [-0.2, 0) is 20.8 Å². The van der Waals surface area contributed by atoms with E-state index in [-0.39, 0.29) is 45.3 Å². The zero-order valence-corrected chi connectivity index (χ0v) is 22.3. The Morgan fingerprint density at radius 2 is 1.26 bits per heavy atom. The van der Waals surface area contributed by atoms with Gasteiger partial charge in [0.15, 0.2) is 6.29 Å². The van der Waals surface area contributed by atoms with E-state index in [9.17, 15) is 39.9 Å². The highest BCUT2D eigenvalue weighted by molar-refractivity contribution is 5.70. The fourth-order valence-corrected chi connectivity index (χ4v) is 4.73. The third kappa shape index (κ3) is 11.8. The number of β-amino-alcohol motifs (C(OH)–C–C–N with tert-alkyl or cyclic N) is 2. The van der Waals surface area contributed by atoms with Crippen molar-refractivity contribution in [1.29, 1.82) is 0 Å². The second-order valence-electron chi connectivity index (χ2n) is 10.2. The number of carboxylic acids is 3. The summed E-state index contributed by atoms with van der Waals surface area (Å²) >= 11 is 0. The van der Waals surface area contributed by atoms with E-state index in [1.807, 2.05) is 24.3 Å². The molecule has 0 aliphatic carbocycles. The number of hydrogen-bond donors (Lipinski definition) is 5. The maximum atomic E-state index is 11.8. The largest absolute Gasteiger partial charge is 0.480 e. The Labute approximate surface area is 223 Å². The van der Waals surface area contributed by atoms with Crippen LogP contribution in [0, 0.1) is 0 Å². The predicted molar refractivity (Wildman–Crippen MR) is 140 cm³/mol. The lowest BCUT2D eigenvalue weighted by atomic mass is 9.98. The molecule has 1 aliphatic heterocycles. The SMILES string of the molecule is CC(C)c1ccc(CC2CN(CC(=O)O)CCN(CC(=O)O)CCN(CC(O)O)CCN2CC(=O)O)cc1. The third-order valence-corrected chi connectivity index (χ3v) is 6.75. The van der Waals surface area contributed by atoms with Crippen molar-refractivity contribution in [2.24, 2.45) is 0 Å². The lowest BCUT2D eigenvalue weighted by Gasteiger charge is -2.38. The van der Waals surface area contributed by atoms with Gasteiger partial charge in [-0.15, -0.1) is 0 Å². The zero-order chi connectivity index (χ0) is 28.2. The average molecular weight is 539 g/mol. The Morgan fingerprint density at radius 1 is 0.763 bits per heavy atom. The van der Waals surface area contributed by atoms with Crippen molar-refractivity contribution >= 4 is 17.9 Å². The van der Waals surface area contributed by atoms with Gasteiger partial charge in [0.05, 0.1) is 19.6 Å². The van der Waals surface area contributed by atoms with Crippen LogP contribution in [0.5, 0.6) is 0 Å². The second kappa shape index (κ2) is 15.7. The number of carbonyl (C=O) groups is 3. The van der Waals surface area contributed by atoms with Crippen LogP contribution in [0.2, 0.25) is 0 Å². The molecule has 214 valence electrons. The molecule has 1 fully saturated rings. The van der Waals surface area contributed by atoms with Crippen molar-refractivity contribution in [3.63, 3.8) is 0 Å². The molecule has 0 bridgehead atoms. The number of aliphatic carboxylic acids is 3. The molecule has 5 N–H and O–H groups in total. The number of aliphatic hydroxyl groups is 2. The minimum absolute atomic E-state index is 0.0612. The van der Waals surface area contributed by atoms with Crippen LogP contribution in [-0.4, -0.2) is 147 Å². The molecule has 1 aromatic rings. The van der Waals surface area contributed by atoms with Crippen molar-refractivity contribution in [2.75, 3.05) is 72.0 Å². The molecule has 0 radical (unpaired) electrons. The Bertz CT molecular complexity index is 896. The van der Waals surface area contributed by atoms with Crippen LogP contribution in [0.1, 0.15) is 30.9 Å². The molecule has 0 amide bonds. The van der Waals surface area contributed by atoms with E-state index in [2.05, 4.69) is 13.8 Å². The van der Waals surface area contributed by atoms with Crippen molar-refractivity contribution in [3.05, 3.63) is 35.4 Å². The van der Waals surface area contributed by atoms with Gasteiger partial charge in [-0.1, -0.05) is 38.1 Å². The highest BCUT2D eigenvalue weighted by Gasteiger charge is 2.27. The molecule has 12 heteroatoms. The maximum Gasteiger partial charge on any atom is 0.317 e. The summed E-state index contributed by atoms with van der Waals surface area (Å²) in [5, 5.41) is 47.7. The van der Waals surface area contributed by atoms with E-state index in [1.54, 1.807) is 19.6 Å². The quantitative estimate of drug-likeness (QED) is 0.230. The molecule has 1 atom stereocenters. The van der Waals surface area contributed by atoms with Gasteiger partial charge in [-0.3, -0.25) is 34.0 Å². The molecule has 0 saturated carbocycles. The topological polar surface area (TPSA) is 165 Å². The van der Waals surface area contributed by atoms with E-state index in [1.165, 1.54) is 5.56 Å². The van der Waals surface area contributed by atoms with Crippen LogP contribution < -0.4 is 0 Å². The van der Waals surface area contributed by atoms with Gasteiger partial charge in [-0.2, -0.15) is 0 Å². The Balaban J connectivity index is 2.39. The van der Waals surface area contributed by atoms with E-state index >= 15 is 0 Å². The van der Waals surface area contributed by atoms with E-state index in [0.717, 1.165) is 5.56 Å². The Kier molecular flexibility index (Phi) is 13.1. The average Bonchev–Trinajstić information content (AvgIpc) is 2.80. The summed E-state index contributed by atoms with van der Waals surface area (Å²) in [7, 11) is 0. The summed E-state index contributed by atoms with van der Waals surface area (Å²) < 4.78 is 0. The molecule has 1 aromatic carbocycles. The van der Waals surface area contributed by atoms with Crippen molar-refractivity contribution in [1.82, 2.24) is 19.6 Å². The lowest BCUT2D eigenvalue weighted by Crippen LogP contribution is -2.53. The molecule has 1 heterocycles. The van der Waals surface area contributed by atoms with Gasteiger partial charge >= 0.3 is 17.9 Å². The van der Waals surface area contributed by atoms with Crippen LogP contribution in [0.15, 0.2) is 24.3 Å². The fraction of sp³-hybridized carbons (Fsp3) is 0.654. The number of benzene rings is 1. The molecule has 1 unspecified atom stereocenters. The van der Waals surface area contributed by atoms with Crippen molar-refractivity contribution in [3.8, 4) is 0 Å². The number of rotatable bonds is 11. The zero-order valence-electron chi connectivity index (χ0n) is 22.3. The number of aliphatic hydroxyl groups excluding tert-OH is 1. The highest BCUT2D eigenvalue weighted by atomic mass is 16.5. The summed E-state index contributed by atoms with van der Waals surface area (Å²) in [4.78, 5) is 41.9. The second-order valence-corrected chi connectivity index (χ2v) is 10.2. The van der Waals surface area contributed by atoms with Gasteiger partial charge in [0.25, 0.3) is 0 Å². The Morgan fingerprint density at radius 3 is 1.79 bits per heavy atom. The minimum Gasteiger partial charge on any atom is -0.480 e. The van der Waals surface area contributed by atoms with Gasteiger partial charge in [0, 0.05) is 58.4 Å². The third-order valence-electron chi connectivity index (χ3n) is 6.75. The lowest BCUT2D eigenvalue weighted by molar-refractivity contribution is -0.141. The summed E-state index contributed by atoms with van der Waals surface area (Å²) in [5.74, 6) is -2.68. The molecule has 38 heavy (non-hydrogen) atoms. The first-order valence-corrected chi connectivity index (χ1v) is 12.9. The highest BCUT2D eigenvalue weighted by Crippen LogP contribution is 2.18. The fourth-order valence-electron chi connectivity index (χ4n) is 4.73. The maximum absolute atomic E-state index is 11.8. The normalized spacial score (nSPS) is 19.8. The monoisotopic (exact) mass is 538 g/mol. The smallest absolute Gasteiger partial charge is 0.317 e. The van der Waals surface area contributed by atoms with Crippen LogP contribution in [0.25, 0.3) is 0 Å². The molecule has 1 saturated heterocycles. The molecular formula is C26H42N4O8. The van der Waals surface area contributed by atoms with Gasteiger partial charge in [-0.05, 0) is 23.5 Å². The standard InChI is InChI=1S/C26H42N4O8/c1-19(2)21-5-3-20(4-6-21)13-22-14-29(17-25(35)36)10-9-27(15-23(31)32)7-8-28(16-24(33)34)11-12-30(22)18-26(37)38/h3-6,19,22,24,33-34H,7-18H2,1-2H3,(H,31,32)(H,35,36)(H,37,38). The summed E-state index contributed by atoms with van der Waals surface area (Å²) in [6.45, 7) is 5.54. The van der Waals surface area contributed by atoms with Gasteiger partial charge < -0.3 is 25.5 Å². The summed E-state index contributed by atoms with van der Waals surface area (Å²) in [6.07, 6.45) is -1.10. The molecule has 0 spiro atoms. The van der Waals surface area contributed by atoms with Crippen LogP contribution >= 0.6 is 0 Å². The van der Waals surface area contributed by atoms with Gasteiger partial charge in [0.2, 0.25) is 0 Å². The molecule has 2 rings (SSSR count). The first-order valence-electron chi connectivity index (χ1n) is 12.9. The first kappa shape index (κ1) is 31.6. The van der Waals surface area contributed by atoms with Gasteiger partial charge in [-0.25, -0.2) is 0 Å². The van der Waals surface area contributed by atoms with Crippen molar-refractivity contribution in [2.45, 2.75) is 38.5 Å². The number of carboxylic acid groups (broad SMARTS) is 3. The molecule has 0 aromatic heterocycles. The van der Waals surface area contributed by atoms with E-state index in [4.69, 9.17) is 0 Å². The number of hydrogen-bond acceptors (Lipinski definition) is 9. The first-order chi connectivity index (χ1) is 17.9. The van der Waals surface area contributed by atoms with Crippen molar-refractivity contribution < 1.29 is 39.9 Å². The number of nitrogens with zero attached hydrogens (tertiary/aromatic N) is 4. The Hall–Kier alpha value is -2.61. The van der Waals surface area contributed by atoms with E-state index in [0.29, 0.717) is 45.1 Å². The van der Waals surface area contributed by atoms with E-state index < -0.39 is 24.2 Å². The molecule has 12 nitrogen and oxygen atoms in total. The summed E-state index contributed by atoms with van der Waals surface area (Å²) in [5.41, 5.74) is 2.17. The van der Waals surface area contributed by atoms with Crippen LogP contribution in [0.3, 0.4) is 0 Å². The minimum atomic E-state index is -1.59. The predicted octanol–water partition coefficient (Wildman–Crippen LogP) is -0.493. The summed E-state index contributed by atoms with van der Waals surface area (Å²) in [6, 6.07) is 7.76. The van der Waals surface area contributed by atoms with Gasteiger partial charge in [0.1, 0.15) is 0 Å². The molecule has 1 aliphatic rings. The van der Waals surface area contributed by atoms with Crippen LogP contribution in [0.4, 0.5) is 0 Å². The molecular weight excluding hydrogens is 496 g/mol.